The van der Waals surface area contributed by atoms with Crippen LogP contribution < -0.4 is 5.73 Å². The fourth-order valence-electron chi connectivity index (χ4n) is 1.76. The Labute approximate surface area is 109 Å². The molecule has 0 aliphatic rings. The van der Waals surface area contributed by atoms with E-state index in [0.717, 1.165) is 11.1 Å². The summed E-state index contributed by atoms with van der Waals surface area (Å²) >= 11 is 0. The van der Waals surface area contributed by atoms with Crippen molar-refractivity contribution in [2.24, 2.45) is 5.73 Å². The molecule has 0 unspecified atom stereocenters. The predicted molar refractivity (Wildman–Crippen MR) is 68.8 cm³/mol. The fourth-order valence-corrected chi connectivity index (χ4v) is 1.76. The predicted octanol–water partition coefficient (Wildman–Crippen LogP) is 2.57. The number of carbonyl (C=O) groups is 1. The summed E-state index contributed by atoms with van der Waals surface area (Å²) in [6, 6.07) is 6.04. The summed E-state index contributed by atoms with van der Waals surface area (Å²) < 4.78 is 5.24. The van der Waals surface area contributed by atoms with E-state index < -0.39 is 10.8 Å². The van der Waals surface area contributed by atoms with E-state index in [1.165, 1.54) is 18.2 Å². The van der Waals surface area contributed by atoms with Crippen molar-refractivity contribution in [2.45, 2.75) is 13.8 Å². The second-order valence-corrected chi connectivity index (χ2v) is 4.24. The normalized spacial score (nSPS) is 10.4. The highest BCUT2D eigenvalue weighted by Gasteiger charge is 2.20. The van der Waals surface area contributed by atoms with E-state index in [2.05, 4.69) is 0 Å². The van der Waals surface area contributed by atoms with Crippen molar-refractivity contribution in [1.29, 1.82) is 0 Å². The molecule has 1 amide bonds. The summed E-state index contributed by atoms with van der Waals surface area (Å²) in [5.41, 5.74) is 7.08. The van der Waals surface area contributed by atoms with Crippen LogP contribution in [0.15, 0.2) is 28.7 Å². The molecule has 19 heavy (non-hydrogen) atoms. The van der Waals surface area contributed by atoms with Crippen LogP contribution >= 0.6 is 0 Å². The van der Waals surface area contributed by atoms with Crippen LogP contribution in [0.2, 0.25) is 0 Å². The zero-order valence-corrected chi connectivity index (χ0v) is 10.5. The quantitative estimate of drug-likeness (QED) is 0.677. The maximum absolute atomic E-state index is 11.1. The Morgan fingerprint density at radius 1 is 1.26 bits per heavy atom. The second-order valence-electron chi connectivity index (χ2n) is 4.24. The molecule has 0 aliphatic carbocycles. The van der Waals surface area contributed by atoms with Gasteiger partial charge in [-0.05, 0) is 43.2 Å². The number of primary amides is 1. The molecule has 1 heterocycles. The maximum Gasteiger partial charge on any atom is 0.284 e. The van der Waals surface area contributed by atoms with Crippen LogP contribution in [0.1, 0.15) is 21.7 Å². The minimum Gasteiger partial charge on any atom is -0.451 e. The molecule has 0 radical (unpaired) electrons. The monoisotopic (exact) mass is 260 g/mol. The zero-order valence-electron chi connectivity index (χ0n) is 10.5. The van der Waals surface area contributed by atoms with Gasteiger partial charge < -0.3 is 10.2 Å². The van der Waals surface area contributed by atoms with E-state index in [9.17, 15) is 14.9 Å². The van der Waals surface area contributed by atoms with Crippen molar-refractivity contribution < 1.29 is 14.1 Å². The number of nitro groups is 1. The number of furan rings is 1. The molecule has 0 bridgehead atoms. The van der Waals surface area contributed by atoms with Crippen LogP contribution in [0.3, 0.4) is 0 Å². The number of rotatable bonds is 3. The molecule has 6 heteroatoms. The van der Waals surface area contributed by atoms with Gasteiger partial charge in [0, 0.05) is 6.07 Å². The van der Waals surface area contributed by atoms with Gasteiger partial charge in [-0.1, -0.05) is 0 Å². The van der Waals surface area contributed by atoms with Crippen LogP contribution in [-0.4, -0.2) is 10.8 Å². The number of nitrogens with two attached hydrogens (primary N) is 1. The van der Waals surface area contributed by atoms with Gasteiger partial charge in [-0.15, -0.1) is 0 Å². The lowest BCUT2D eigenvalue weighted by atomic mass is 10.0. The van der Waals surface area contributed by atoms with E-state index in [-0.39, 0.29) is 17.2 Å². The lowest BCUT2D eigenvalue weighted by Gasteiger charge is -2.04. The largest absolute Gasteiger partial charge is 0.451 e. The van der Waals surface area contributed by atoms with Crippen LogP contribution in [0, 0.1) is 24.0 Å². The van der Waals surface area contributed by atoms with Gasteiger partial charge in [0.25, 0.3) is 11.6 Å². The maximum atomic E-state index is 11.1. The molecule has 0 fully saturated rings. The van der Waals surface area contributed by atoms with Gasteiger partial charge in [0.2, 0.25) is 0 Å². The highest BCUT2D eigenvalue weighted by atomic mass is 16.6. The molecule has 0 atom stereocenters. The Morgan fingerprint density at radius 3 is 2.42 bits per heavy atom. The minimum atomic E-state index is -0.710. The molecule has 0 aliphatic heterocycles. The third kappa shape index (κ3) is 2.33. The van der Waals surface area contributed by atoms with Crippen LogP contribution in [0.5, 0.6) is 0 Å². The number of hydrogen-bond donors (Lipinski definition) is 1. The van der Waals surface area contributed by atoms with Gasteiger partial charge in [-0.3, -0.25) is 14.9 Å². The smallest absolute Gasteiger partial charge is 0.284 e. The molecule has 1 aromatic carbocycles. The molecule has 1 aromatic heterocycles. The zero-order chi connectivity index (χ0) is 14.2. The van der Waals surface area contributed by atoms with Crippen molar-refractivity contribution in [3.8, 4) is 11.3 Å². The van der Waals surface area contributed by atoms with E-state index in [1.54, 1.807) is 13.0 Å². The third-order valence-corrected chi connectivity index (χ3v) is 2.92. The number of aryl methyl sites for hydroxylation is 2. The molecule has 0 saturated carbocycles. The number of benzene rings is 1. The topological polar surface area (TPSA) is 99.4 Å². The average molecular weight is 260 g/mol. The second kappa shape index (κ2) is 4.56. The van der Waals surface area contributed by atoms with Gasteiger partial charge in [0.05, 0.1) is 10.5 Å². The van der Waals surface area contributed by atoms with E-state index in [4.69, 9.17) is 10.2 Å². The first-order chi connectivity index (χ1) is 8.90. The van der Waals surface area contributed by atoms with Gasteiger partial charge >= 0.3 is 0 Å². The van der Waals surface area contributed by atoms with Gasteiger partial charge in [0.1, 0.15) is 5.76 Å². The Morgan fingerprint density at radius 2 is 1.89 bits per heavy atom. The van der Waals surface area contributed by atoms with Crippen molar-refractivity contribution in [1.82, 2.24) is 0 Å². The molecule has 0 saturated heterocycles. The molecule has 2 rings (SSSR count). The van der Waals surface area contributed by atoms with Gasteiger partial charge in [-0.2, -0.15) is 0 Å². The minimum absolute atomic E-state index is 0.0254. The molecule has 2 aromatic rings. The Hall–Kier alpha value is -2.63. The Bertz CT molecular complexity index is 673. The molecule has 0 spiro atoms. The number of carbonyl (C=O) groups excluding carboxylic acids is 1. The number of nitrogens with zero attached hydrogens (tertiary/aromatic N) is 1. The third-order valence-electron chi connectivity index (χ3n) is 2.92. The van der Waals surface area contributed by atoms with Gasteiger partial charge in [0.15, 0.2) is 5.76 Å². The Balaban J connectivity index is 2.62. The average Bonchev–Trinajstić information content (AvgIpc) is 2.81. The highest BCUT2D eigenvalue weighted by molar-refractivity contribution is 5.90. The summed E-state index contributed by atoms with van der Waals surface area (Å²) in [7, 11) is 0. The molecular formula is C13H12N2O4. The highest BCUT2D eigenvalue weighted by Crippen LogP contribution is 2.33. The van der Waals surface area contributed by atoms with Crippen molar-refractivity contribution in [2.75, 3.05) is 0 Å². The summed E-state index contributed by atoms with van der Waals surface area (Å²) in [4.78, 5) is 21.6. The van der Waals surface area contributed by atoms with E-state index in [1.807, 2.05) is 6.92 Å². The standard InChI is InChI=1S/C13H12N2O4/c1-7-5-9(10(15(17)18)6-8(7)2)11-3-4-12(19-11)13(14)16/h3-6H,1-2H3,(H2,14,16). The van der Waals surface area contributed by atoms with Crippen LogP contribution in [-0.2, 0) is 0 Å². The number of hydrogen-bond acceptors (Lipinski definition) is 4. The number of nitro benzene ring substituents is 1. The van der Waals surface area contributed by atoms with E-state index in [0.29, 0.717) is 5.56 Å². The SMILES string of the molecule is Cc1cc(-c2ccc(C(N)=O)o2)c([N+](=O)[O-])cc1C. The molecule has 98 valence electrons. The Kier molecular flexibility index (Phi) is 3.08. The summed E-state index contributed by atoms with van der Waals surface area (Å²) in [6.07, 6.45) is 0. The summed E-state index contributed by atoms with van der Waals surface area (Å²) in [5.74, 6) is -0.483. The molecule has 6 nitrogen and oxygen atoms in total. The fraction of sp³-hybridized carbons (Fsp3) is 0.154. The number of amides is 1. The van der Waals surface area contributed by atoms with Crippen molar-refractivity contribution in [3.63, 3.8) is 0 Å². The lowest BCUT2D eigenvalue weighted by Crippen LogP contribution is -2.09. The molecular weight excluding hydrogens is 248 g/mol. The van der Waals surface area contributed by atoms with E-state index >= 15 is 0 Å². The summed E-state index contributed by atoms with van der Waals surface area (Å²) in [5, 5.41) is 11.1. The van der Waals surface area contributed by atoms with Crippen molar-refractivity contribution in [3.05, 3.63) is 51.3 Å². The lowest BCUT2D eigenvalue weighted by molar-refractivity contribution is -0.384. The van der Waals surface area contributed by atoms with Gasteiger partial charge in [-0.25, -0.2) is 0 Å². The molecule has 2 N–H and O–H groups in total. The summed E-state index contributed by atoms with van der Waals surface area (Å²) in [6.45, 7) is 3.64. The van der Waals surface area contributed by atoms with Crippen molar-refractivity contribution >= 4 is 11.6 Å². The van der Waals surface area contributed by atoms with Crippen LogP contribution in [0.25, 0.3) is 11.3 Å². The first kappa shape index (κ1) is 12.8. The first-order valence-corrected chi connectivity index (χ1v) is 5.56. The van der Waals surface area contributed by atoms with Crippen LogP contribution in [0.4, 0.5) is 5.69 Å². The first-order valence-electron chi connectivity index (χ1n) is 5.56.